The molecule has 6 heteroatoms. The zero-order chi connectivity index (χ0) is 39.1. The largest absolute Gasteiger partial charge is 0.450 e. The molecule has 54 heavy (non-hydrogen) atoms. The molecule has 0 aromatic rings. The summed E-state index contributed by atoms with van der Waals surface area (Å²) >= 11 is 0. The second kappa shape index (κ2) is 47.7. The van der Waals surface area contributed by atoms with E-state index in [4.69, 9.17) is 9.47 Å². The third kappa shape index (κ3) is 46.7. The molecule has 0 rings (SSSR count). The quantitative estimate of drug-likeness (QED) is 0.0606. The van der Waals surface area contributed by atoms with E-state index in [9.17, 15) is 9.59 Å². The Morgan fingerprint density at radius 3 is 0.685 bits per heavy atom. The minimum Gasteiger partial charge on any atom is -0.450 e. The van der Waals surface area contributed by atoms with Crippen LogP contribution >= 0.6 is 0 Å². The van der Waals surface area contributed by atoms with Gasteiger partial charge in [0.25, 0.3) is 0 Å². The van der Waals surface area contributed by atoms with Gasteiger partial charge in [-0.25, -0.2) is 9.59 Å². The lowest BCUT2D eigenvalue weighted by atomic mass is 10.0. The Kier molecular flexibility index (Phi) is 46.4. The molecule has 0 radical (unpaired) electrons. The molecule has 0 heterocycles. The van der Waals surface area contributed by atoms with Gasteiger partial charge < -0.3 is 20.1 Å². The smallest absolute Gasteiger partial charge is 0.407 e. The van der Waals surface area contributed by atoms with Crippen molar-refractivity contribution in [2.45, 2.75) is 271 Å². The molecular weight excluding hydrogens is 669 g/mol. The van der Waals surface area contributed by atoms with E-state index in [1.807, 2.05) is 0 Å². The molecule has 322 valence electrons. The third-order valence-corrected chi connectivity index (χ3v) is 11.1. The summed E-state index contributed by atoms with van der Waals surface area (Å²) in [6, 6.07) is 0. The lowest BCUT2D eigenvalue weighted by molar-refractivity contribution is 0.142. The van der Waals surface area contributed by atoms with Crippen molar-refractivity contribution in [3.05, 3.63) is 0 Å². The Morgan fingerprint density at radius 1 is 0.278 bits per heavy atom. The molecule has 0 saturated heterocycles. The molecule has 0 saturated carbocycles. The minimum atomic E-state index is -0.257. The van der Waals surface area contributed by atoms with Crippen LogP contribution in [-0.2, 0) is 9.47 Å². The van der Waals surface area contributed by atoms with E-state index < -0.39 is 0 Å². The van der Waals surface area contributed by atoms with Gasteiger partial charge in [-0.3, -0.25) is 0 Å². The van der Waals surface area contributed by atoms with E-state index in [1.165, 1.54) is 218 Å². The van der Waals surface area contributed by atoms with Crippen molar-refractivity contribution in [3.8, 4) is 0 Å². The predicted octanol–water partition coefficient (Wildman–Crippen LogP) is 16.1. The summed E-state index contributed by atoms with van der Waals surface area (Å²) in [6.07, 6.45) is 51.9. The van der Waals surface area contributed by atoms with Crippen molar-refractivity contribution in [2.24, 2.45) is 0 Å². The Labute approximate surface area is 338 Å². The molecule has 2 N–H and O–H groups in total. The maximum atomic E-state index is 11.9. The van der Waals surface area contributed by atoms with Gasteiger partial charge >= 0.3 is 12.2 Å². The fourth-order valence-electron chi connectivity index (χ4n) is 7.42. The van der Waals surface area contributed by atoms with Crippen molar-refractivity contribution >= 4 is 12.2 Å². The van der Waals surface area contributed by atoms with E-state index in [-0.39, 0.29) is 12.2 Å². The molecule has 2 amide bonds. The van der Waals surface area contributed by atoms with Gasteiger partial charge in [0.15, 0.2) is 0 Å². The van der Waals surface area contributed by atoms with Crippen LogP contribution in [0, 0.1) is 0 Å². The van der Waals surface area contributed by atoms with Crippen LogP contribution in [0.3, 0.4) is 0 Å². The van der Waals surface area contributed by atoms with Crippen LogP contribution in [-0.4, -0.2) is 38.5 Å². The summed E-state index contributed by atoms with van der Waals surface area (Å²) in [5.74, 6) is 0. The zero-order valence-electron chi connectivity index (χ0n) is 36.7. The highest BCUT2D eigenvalue weighted by Crippen LogP contribution is 2.15. The molecule has 0 atom stereocenters. The van der Waals surface area contributed by atoms with Gasteiger partial charge in [0, 0.05) is 13.1 Å². The van der Waals surface area contributed by atoms with Crippen LogP contribution in [0.4, 0.5) is 9.59 Å². The number of hydrogen-bond donors (Lipinski definition) is 2. The highest BCUT2D eigenvalue weighted by molar-refractivity contribution is 5.67. The van der Waals surface area contributed by atoms with Crippen LogP contribution in [0.5, 0.6) is 0 Å². The van der Waals surface area contributed by atoms with Gasteiger partial charge in [0.1, 0.15) is 0 Å². The molecule has 0 spiro atoms. The average Bonchev–Trinajstić information content (AvgIpc) is 3.17. The van der Waals surface area contributed by atoms with Crippen LogP contribution in [0.15, 0.2) is 0 Å². The van der Waals surface area contributed by atoms with Gasteiger partial charge in [-0.2, -0.15) is 0 Å². The summed E-state index contributed by atoms with van der Waals surface area (Å²) in [5, 5.41) is 5.82. The highest BCUT2D eigenvalue weighted by Gasteiger charge is 2.03. The lowest BCUT2D eigenvalue weighted by Crippen LogP contribution is -2.25. The van der Waals surface area contributed by atoms with Crippen molar-refractivity contribution in [2.75, 3.05) is 26.3 Å². The van der Waals surface area contributed by atoms with Crippen molar-refractivity contribution < 1.29 is 19.1 Å². The summed E-state index contributed by atoms with van der Waals surface area (Å²) in [4.78, 5) is 23.8. The molecule has 0 aliphatic carbocycles. The van der Waals surface area contributed by atoms with E-state index in [0.29, 0.717) is 13.2 Å². The first-order chi connectivity index (χ1) is 26.7. The van der Waals surface area contributed by atoms with Crippen molar-refractivity contribution in [1.82, 2.24) is 10.6 Å². The number of hydrogen-bond acceptors (Lipinski definition) is 4. The number of nitrogens with one attached hydrogen (secondary N) is 2. The number of amides is 2. The first-order valence-electron chi connectivity index (χ1n) is 24.5. The van der Waals surface area contributed by atoms with Crippen molar-refractivity contribution in [1.29, 1.82) is 0 Å². The highest BCUT2D eigenvalue weighted by atomic mass is 16.6. The fraction of sp³-hybridized carbons (Fsp3) is 0.958. The van der Waals surface area contributed by atoms with Gasteiger partial charge in [0.05, 0.1) is 13.2 Å². The normalized spacial score (nSPS) is 11.2. The number of unbranched alkanes of at least 4 members (excludes halogenated alkanes) is 37. The molecule has 0 bridgehead atoms. The van der Waals surface area contributed by atoms with E-state index >= 15 is 0 Å². The second-order valence-electron chi connectivity index (χ2n) is 16.6. The number of carbonyl (C=O) groups is 2. The fourth-order valence-corrected chi connectivity index (χ4v) is 7.42. The summed E-state index contributed by atoms with van der Waals surface area (Å²) < 4.78 is 10.7. The zero-order valence-corrected chi connectivity index (χ0v) is 36.7. The Bertz CT molecular complexity index is 674. The molecule has 6 nitrogen and oxygen atoms in total. The monoisotopic (exact) mass is 765 g/mol. The van der Waals surface area contributed by atoms with Gasteiger partial charge in [-0.15, -0.1) is 0 Å². The second-order valence-corrected chi connectivity index (χ2v) is 16.6. The Hall–Kier alpha value is -1.46. The molecule has 0 aromatic heterocycles. The van der Waals surface area contributed by atoms with Crippen LogP contribution in [0.1, 0.15) is 271 Å². The van der Waals surface area contributed by atoms with Crippen molar-refractivity contribution in [3.63, 3.8) is 0 Å². The average molecular weight is 765 g/mol. The number of carbonyl (C=O) groups excluding carboxylic acids is 2. The Morgan fingerprint density at radius 2 is 0.463 bits per heavy atom. The predicted molar refractivity (Wildman–Crippen MR) is 235 cm³/mol. The number of rotatable bonds is 45. The van der Waals surface area contributed by atoms with Crippen LogP contribution in [0.25, 0.3) is 0 Å². The minimum absolute atomic E-state index is 0.257. The summed E-state index contributed by atoms with van der Waals surface area (Å²) in [5.41, 5.74) is 0. The molecule has 0 unspecified atom stereocenters. The molecular formula is C48H96N2O4. The van der Waals surface area contributed by atoms with Gasteiger partial charge in [-0.1, -0.05) is 245 Å². The van der Waals surface area contributed by atoms with E-state index in [2.05, 4.69) is 24.5 Å². The van der Waals surface area contributed by atoms with E-state index in [0.717, 1.165) is 51.6 Å². The van der Waals surface area contributed by atoms with Crippen LogP contribution in [0.2, 0.25) is 0 Å². The first kappa shape index (κ1) is 52.5. The molecule has 0 aliphatic heterocycles. The SMILES string of the molecule is CCCCCCCCCCCCCCCCCCNC(=O)OCCCCCCCCCCOC(=O)NCCCCCCCCCCCCCCCCCC. The third-order valence-electron chi connectivity index (χ3n) is 11.1. The lowest BCUT2D eigenvalue weighted by Gasteiger charge is -2.08. The summed E-state index contributed by atoms with van der Waals surface area (Å²) in [6.45, 7) is 7.07. The van der Waals surface area contributed by atoms with Crippen LogP contribution < -0.4 is 10.6 Å². The molecule has 0 aliphatic rings. The van der Waals surface area contributed by atoms with Gasteiger partial charge in [0.2, 0.25) is 0 Å². The number of alkyl carbamates (subject to hydrolysis) is 2. The van der Waals surface area contributed by atoms with Gasteiger partial charge in [-0.05, 0) is 25.7 Å². The standard InChI is InChI=1S/C48H96N2O4/c1-3-5-7-9-11-13-15-17-19-21-23-25-27-31-35-39-43-49-47(51)53-45-41-37-33-29-30-34-38-42-46-54-48(52)50-44-40-36-32-28-26-24-22-20-18-16-14-12-10-8-6-4-2/h3-46H2,1-2H3,(H,49,51)(H,50,52). The maximum absolute atomic E-state index is 11.9. The molecule has 0 aromatic carbocycles. The maximum Gasteiger partial charge on any atom is 0.407 e. The summed E-state index contributed by atoms with van der Waals surface area (Å²) in [7, 11) is 0. The number of ether oxygens (including phenoxy) is 2. The topological polar surface area (TPSA) is 76.7 Å². The van der Waals surface area contributed by atoms with E-state index in [1.54, 1.807) is 0 Å². The molecule has 0 fully saturated rings. The Balaban J connectivity index is 3.22. The first-order valence-corrected chi connectivity index (χ1v) is 24.5.